The van der Waals surface area contributed by atoms with Crippen LogP contribution in [0.25, 0.3) is 11.1 Å². The van der Waals surface area contributed by atoms with Crippen LogP contribution in [0.15, 0.2) is 84.9 Å². The Morgan fingerprint density at radius 1 is 0.946 bits per heavy atom. The van der Waals surface area contributed by atoms with E-state index in [9.17, 15) is 14.4 Å². The molecule has 0 aromatic heterocycles. The van der Waals surface area contributed by atoms with Gasteiger partial charge in [0.05, 0.1) is 13.0 Å². The molecule has 1 N–H and O–H groups in total. The molecule has 0 bridgehead atoms. The molecule has 3 aromatic carbocycles. The highest BCUT2D eigenvalue weighted by atomic mass is 16.5. The van der Waals surface area contributed by atoms with E-state index in [0.717, 1.165) is 16.7 Å². The van der Waals surface area contributed by atoms with Crippen molar-refractivity contribution in [3.8, 4) is 16.9 Å². The number of hydrogen-bond donors (Lipinski definition) is 1. The largest absolute Gasteiger partial charge is 0.481 e. The third-order valence-corrected chi connectivity index (χ3v) is 6.36. The molecule has 2 unspecified atom stereocenters. The Morgan fingerprint density at radius 3 is 2.27 bits per heavy atom. The van der Waals surface area contributed by atoms with E-state index in [4.69, 9.17) is 9.47 Å². The van der Waals surface area contributed by atoms with Gasteiger partial charge in [-0.25, -0.2) is 0 Å². The summed E-state index contributed by atoms with van der Waals surface area (Å²) in [5.41, 5.74) is 3.20. The Kier molecular flexibility index (Phi) is 8.92. The van der Waals surface area contributed by atoms with Crippen molar-refractivity contribution < 1.29 is 23.9 Å². The van der Waals surface area contributed by atoms with E-state index in [1.165, 1.54) is 4.90 Å². The third kappa shape index (κ3) is 6.97. The number of carbonyl (C=O) groups is 3. The first-order chi connectivity index (χ1) is 18.0. The Morgan fingerprint density at radius 2 is 1.59 bits per heavy atom. The van der Waals surface area contributed by atoms with Gasteiger partial charge in [-0.3, -0.25) is 14.4 Å². The van der Waals surface area contributed by atoms with Crippen LogP contribution in [0, 0.1) is 0 Å². The average molecular weight is 501 g/mol. The van der Waals surface area contributed by atoms with Gasteiger partial charge in [0.15, 0.2) is 6.10 Å². The highest BCUT2D eigenvalue weighted by Gasteiger charge is 2.38. The molecule has 3 aromatic rings. The molecule has 1 aliphatic heterocycles. The monoisotopic (exact) mass is 500 g/mol. The van der Waals surface area contributed by atoms with E-state index in [1.54, 1.807) is 0 Å². The number of esters is 1. The zero-order valence-electron chi connectivity index (χ0n) is 21.0. The van der Waals surface area contributed by atoms with Gasteiger partial charge in [0.1, 0.15) is 11.8 Å². The predicted octanol–water partition coefficient (Wildman–Crippen LogP) is 4.01. The standard InChI is InChI=1S/C30H32N2O5/c1-2-27(37-25-15-13-24(14-16-25)23-11-7-4-8-12-23)30(35)32-19-18-31-29(34)26(32)21-28(33)36-20-17-22-9-5-3-6-10-22/h3-16,26-27H,2,17-21H2,1H3,(H,31,34). The lowest BCUT2D eigenvalue weighted by Crippen LogP contribution is -2.60. The molecule has 192 valence electrons. The molecule has 0 radical (unpaired) electrons. The highest BCUT2D eigenvalue weighted by Crippen LogP contribution is 2.24. The van der Waals surface area contributed by atoms with E-state index < -0.39 is 18.1 Å². The Labute approximate surface area is 217 Å². The summed E-state index contributed by atoms with van der Waals surface area (Å²) < 4.78 is 11.4. The summed E-state index contributed by atoms with van der Waals surface area (Å²) in [7, 11) is 0. The van der Waals surface area contributed by atoms with E-state index >= 15 is 0 Å². The molecule has 2 amide bonds. The second-order valence-electron chi connectivity index (χ2n) is 8.90. The molecule has 0 aliphatic carbocycles. The second kappa shape index (κ2) is 12.7. The van der Waals surface area contributed by atoms with Crippen molar-refractivity contribution in [3.05, 3.63) is 90.5 Å². The summed E-state index contributed by atoms with van der Waals surface area (Å²) in [5.74, 6) is -0.618. The maximum Gasteiger partial charge on any atom is 0.308 e. The molecular formula is C30H32N2O5. The summed E-state index contributed by atoms with van der Waals surface area (Å²) in [4.78, 5) is 40.0. The van der Waals surface area contributed by atoms with Crippen LogP contribution in [-0.4, -0.2) is 54.5 Å². The molecule has 0 spiro atoms. The SMILES string of the molecule is CCC(Oc1ccc(-c2ccccc2)cc1)C(=O)N1CCNC(=O)C1CC(=O)OCCc1ccccc1. The number of piperazine rings is 1. The smallest absolute Gasteiger partial charge is 0.308 e. The molecule has 1 saturated heterocycles. The lowest BCUT2D eigenvalue weighted by Gasteiger charge is -2.36. The summed E-state index contributed by atoms with van der Waals surface area (Å²) >= 11 is 0. The van der Waals surface area contributed by atoms with Crippen molar-refractivity contribution >= 4 is 17.8 Å². The van der Waals surface area contributed by atoms with Crippen LogP contribution in [0.1, 0.15) is 25.3 Å². The molecule has 2 atom stereocenters. The van der Waals surface area contributed by atoms with Gasteiger partial charge in [0.2, 0.25) is 5.91 Å². The number of hydrogen-bond acceptors (Lipinski definition) is 5. The predicted molar refractivity (Wildman–Crippen MR) is 141 cm³/mol. The summed E-state index contributed by atoms with van der Waals surface area (Å²) in [6, 6.07) is 26.3. The Balaban J connectivity index is 1.36. The Hall–Kier alpha value is -4.13. The summed E-state index contributed by atoms with van der Waals surface area (Å²) in [5, 5.41) is 2.75. The average Bonchev–Trinajstić information content (AvgIpc) is 2.94. The van der Waals surface area contributed by atoms with Crippen molar-refractivity contribution in [2.24, 2.45) is 0 Å². The highest BCUT2D eigenvalue weighted by molar-refractivity contribution is 5.93. The zero-order valence-corrected chi connectivity index (χ0v) is 21.0. The van der Waals surface area contributed by atoms with Gasteiger partial charge in [0.25, 0.3) is 5.91 Å². The first-order valence-electron chi connectivity index (χ1n) is 12.6. The van der Waals surface area contributed by atoms with E-state index in [-0.39, 0.29) is 24.8 Å². The minimum atomic E-state index is -0.927. The molecule has 37 heavy (non-hydrogen) atoms. The fourth-order valence-corrected chi connectivity index (χ4v) is 4.34. The number of nitrogens with one attached hydrogen (secondary N) is 1. The van der Waals surface area contributed by atoms with Gasteiger partial charge in [-0.15, -0.1) is 0 Å². The van der Waals surface area contributed by atoms with Crippen LogP contribution in [0.2, 0.25) is 0 Å². The fourth-order valence-electron chi connectivity index (χ4n) is 4.34. The van der Waals surface area contributed by atoms with Gasteiger partial charge in [0, 0.05) is 19.5 Å². The quantitative estimate of drug-likeness (QED) is 0.425. The van der Waals surface area contributed by atoms with Crippen LogP contribution in [0.3, 0.4) is 0 Å². The van der Waals surface area contributed by atoms with Crippen LogP contribution >= 0.6 is 0 Å². The molecule has 1 heterocycles. The normalized spacial score (nSPS) is 16.0. The van der Waals surface area contributed by atoms with Crippen molar-refractivity contribution in [3.63, 3.8) is 0 Å². The second-order valence-corrected chi connectivity index (χ2v) is 8.90. The van der Waals surface area contributed by atoms with Crippen molar-refractivity contribution in [2.45, 2.75) is 38.3 Å². The number of rotatable bonds is 10. The number of amides is 2. The number of carbonyl (C=O) groups excluding carboxylic acids is 3. The maximum absolute atomic E-state index is 13.4. The lowest BCUT2D eigenvalue weighted by atomic mass is 10.1. The molecule has 4 rings (SSSR count). The molecule has 0 saturated carbocycles. The lowest BCUT2D eigenvalue weighted by molar-refractivity contribution is -0.154. The fraction of sp³-hybridized carbons (Fsp3) is 0.300. The third-order valence-electron chi connectivity index (χ3n) is 6.36. The van der Waals surface area contributed by atoms with Gasteiger partial charge >= 0.3 is 5.97 Å². The number of benzene rings is 3. The topological polar surface area (TPSA) is 84.9 Å². The van der Waals surface area contributed by atoms with Crippen molar-refractivity contribution in [1.29, 1.82) is 0 Å². The van der Waals surface area contributed by atoms with Crippen LogP contribution in [-0.2, 0) is 25.5 Å². The molecule has 7 heteroatoms. The van der Waals surface area contributed by atoms with E-state index in [0.29, 0.717) is 31.7 Å². The summed E-state index contributed by atoms with van der Waals surface area (Å²) in [6.45, 7) is 2.70. The van der Waals surface area contributed by atoms with Crippen molar-refractivity contribution in [2.75, 3.05) is 19.7 Å². The molecule has 1 aliphatic rings. The van der Waals surface area contributed by atoms with Gasteiger partial charge in [-0.2, -0.15) is 0 Å². The summed E-state index contributed by atoms with van der Waals surface area (Å²) in [6.07, 6.45) is 0.0336. The minimum absolute atomic E-state index is 0.200. The van der Waals surface area contributed by atoms with Crippen LogP contribution < -0.4 is 10.1 Å². The first kappa shape index (κ1) is 25.9. The molecular weight excluding hydrogens is 468 g/mol. The molecule has 1 fully saturated rings. The van der Waals surface area contributed by atoms with Gasteiger partial charge in [-0.1, -0.05) is 79.7 Å². The van der Waals surface area contributed by atoms with Gasteiger partial charge in [-0.05, 0) is 35.2 Å². The van der Waals surface area contributed by atoms with E-state index in [2.05, 4.69) is 5.32 Å². The first-order valence-corrected chi connectivity index (χ1v) is 12.6. The van der Waals surface area contributed by atoms with Crippen molar-refractivity contribution in [1.82, 2.24) is 10.2 Å². The van der Waals surface area contributed by atoms with E-state index in [1.807, 2.05) is 91.9 Å². The number of nitrogens with zero attached hydrogens (tertiary/aromatic N) is 1. The van der Waals surface area contributed by atoms with Crippen LogP contribution in [0.4, 0.5) is 0 Å². The number of ether oxygens (including phenoxy) is 2. The minimum Gasteiger partial charge on any atom is -0.481 e. The van der Waals surface area contributed by atoms with Crippen LogP contribution in [0.5, 0.6) is 5.75 Å². The maximum atomic E-state index is 13.4. The Bertz CT molecular complexity index is 1180. The van der Waals surface area contributed by atoms with Gasteiger partial charge < -0.3 is 19.7 Å². The molecule has 7 nitrogen and oxygen atoms in total. The zero-order chi connectivity index (χ0) is 26.0.